The van der Waals surface area contributed by atoms with Crippen LogP contribution in [0.5, 0.6) is 0 Å². The van der Waals surface area contributed by atoms with Gasteiger partial charge >= 0.3 is 0 Å². The Morgan fingerprint density at radius 1 is 1.33 bits per heavy atom. The summed E-state index contributed by atoms with van der Waals surface area (Å²) in [4.78, 5) is 7.87. The van der Waals surface area contributed by atoms with Gasteiger partial charge in [0, 0.05) is 18.5 Å². The van der Waals surface area contributed by atoms with E-state index in [0.29, 0.717) is 0 Å². The maximum absolute atomic E-state index is 12.1. The van der Waals surface area contributed by atoms with Gasteiger partial charge in [-0.05, 0) is 18.9 Å². The van der Waals surface area contributed by atoms with Crippen molar-refractivity contribution in [3.8, 4) is 0 Å². The first kappa shape index (κ1) is 7.93. The summed E-state index contributed by atoms with van der Waals surface area (Å²) in [5, 5.41) is 0. The van der Waals surface area contributed by atoms with E-state index in [1.807, 2.05) is 0 Å². The summed E-state index contributed by atoms with van der Waals surface area (Å²) in [6, 6.07) is 1.78. The molecular weight excluding hydrogens is 171 g/mol. The molecule has 0 radical (unpaired) electrons. The van der Waals surface area contributed by atoms with Crippen molar-refractivity contribution in [1.29, 1.82) is 0 Å². The molecule has 0 saturated carbocycles. The second kappa shape index (κ2) is 2.98. The zero-order chi connectivity index (χ0) is 8.44. The molecule has 0 bridgehead atoms. The molecule has 2 heterocycles. The zero-order valence-electron chi connectivity index (χ0n) is 6.81. The van der Waals surface area contributed by atoms with E-state index in [4.69, 9.17) is 0 Å². The van der Waals surface area contributed by atoms with E-state index in [1.54, 1.807) is 12.3 Å². The monoisotopic (exact) mass is 182 g/mol. The summed E-state index contributed by atoms with van der Waals surface area (Å²) in [6.07, 6.45) is 6.99. The highest BCUT2D eigenvalue weighted by Crippen LogP contribution is 2.49. The summed E-state index contributed by atoms with van der Waals surface area (Å²) in [7, 11) is -2.07. The Labute approximate surface area is 71.6 Å². The van der Waals surface area contributed by atoms with Crippen LogP contribution < -0.4 is 5.44 Å². The van der Waals surface area contributed by atoms with Crippen LogP contribution in [0.15, 0.2) is 18.6 Å². The predicted molar refractivity (Wildman–Crippen MR) is 48.2 cm³/mol. The Bertz CT molecular complexity index is 302. The lowest BCUT2D eigenvalue weighted by molar-refractivity contribution is 0.584. The molecule has 1 fully saturated rings. The van der Waals surface area contributed by atoms with E-state index in [-0.39, 0.29) is 0 Å². The maximum atomic E-state index is 12.1. The minimum absolute atomic E-state index is 0.773. The average molecular weight is 182 g/mol. The van der Waals surface area contributed by atoms with Crippen LogP contribution in [-0.2, 0) is 4.57 Å². The van der Waals surface area contributed by atoms with Crippen LogP contribution in [0.4, 0.5) is 0 Å². The maximum Gasteiger partial charge on any atom is 0.133 e. The van der Waals surface area contributed by atoms with E-state index < -0.39 is 7.14 Å². The molecule has 2 rings (SSSR count). The second-order valence-corrected chi connectivity index (χ2v) is 6.24. The normalized spacial score (nSPS) is 21.0. The molecule has 0 amide bonds. The SMILES string of the molecule is O=P1(c2ccncn2)CCCC1. The molecule has 1 saturated heterocycles. The zero-order valence-corrected chi connectivity index (χ0v) is 7.70. The molecule has 12 heavy (non-hydrogen) atoms. The molecule has 0 aromatic carbocycles. The van der Waals surface area contributed by atoms with Gasteiger partial charge in [-0.1, -0.05) is 0 Å². The number of nitrogens with zero attached hydrogens (tertiary/aromatic N) is 2. The molecule has 3 nitrogen and oxygen atoms in total. The molecule has 1 aliphatic heterocycles. The van der Waals surface area contributed by atoms with Crippen LogP contribution in [0.25, 0.3) is 0 Å². The topological polar surface area (TPSA) is 42.9 Å². The lowest BCUT2D eigenvalue weighted by atomic mass is 10.4. The third-order valence-electron chi connectivity index (χ3n) is 2.27. The Morgan fingerprint density at radius 2 is 2.08 bits per heavy atom. The summed E-state index contributed by atoms with van der Waals surface area (Å²) in [6.45, 7) is 0. The van der Waals surface area contributed by atoms with Crippen molar-refractivity contribution in [2.75, 3.05) is 12.3 Å². The van der Waals surface area contributed by atoms with Crippen molar-refractivity contribution < 1.29 is 4.57 Å². The molecule has 4 heteroatoms. The van der Waals surface area contributed by atoms with Gasteiger partial charge in [0.15, 0.2) is 0 Å². The van der Waals surface area contributed by atoms with Gasteiger partial charge in [-0.25, -0.2) is 9.97 Å². The first-order valence-electron chi connectivity index (χ1n) is 4.16. The lowest BCUT2D eigenvalue weighted by Crippen LogP contribution is -2.10. The standard InChI is InChI=1S/C8H11N2OP/c11-12(5-1-2-6-12)8-3-4-9-7-10-8/h3-4,7H,1-2,5-6H2. The van der Waals surface area contributed by atoms with Gasteiger partial charge in [-0.15, -0.1) is 0 Å². The summed E-state index contributed by atoms with van der Waals surface area (Å²) in [5.74, 6) is 0. The third-order valence-corrected chi connectivity index (χ3v) is 5.45. The number of hydrogen-bond donors (Lipinski definition) is 0. The fourth-order valence-electron chi connectivity index (χ4n) is 1.60. The molecule has 0 unspecified atom stereocenters. The molecule has 0 N–H and O–H groups in total. The smallest absolute Gasteiger partial charge is 0.133 e. The van der Waals surface area contributed by atoms with E-state index in [1.165, 1.54) is 6.33 Å². The van der Waals surface area contributed by atoms with Crippen molar-refractivity contribution in [3.05, 3.63) is 18.6 Å². The molecule has 1 aromatic rings. The fourth-order valence-corrected chi connectivity index (χ4v) is 4.35. The number of aromatic nitrogens is 2. The quantitative estimate of drug-likeness (QED) is 0.614. The van der Waals surface area contributed by atoms with Crippen molar-refractivity contribution in [3.63, 3.8) is 0 Å². The Kier molecular flexibility index (Phi) is 1.97. The van der Waals surface area contributed by atoms with Crippen LogP contribution in [0.3, 0.4) is 0 Å². The molecular formula is C8H11N2OP. The van der Waals surface area contributed by atoms with Crippen LogP contribution in [0.1, 0.15) is 12.8 Å². The highest BCUT2D eigenvalue weighted by molar-refractivity contribution is 7.71. The minimum atomic E-state index is -2.07. The van der Waals surface area contributed by atoms with Crippen molar-refractivity contribution in [2.45, 2.75) is 12.8 Å². The van der Waals surface area contributed by atoms with Crippen LogP contribution in [0.2, 0.25) is 0 Å². The van der Waals surface area contributed by atoms with Gasteiger partial charge in [0.05, 0.1) is 0 Å². The molecule has 0 aliphatic carbocycles. The third kappa shape index (κ3) is 1.29. The molecule has 0 spiro atoms. The van der Waals surface area contributed by atoms with Crippen molar-refractivity contribution >= 4 is 12.6 Å². The molecule has 1 aliphatic rings. The number of rotatable bonds is 1. The highest BCUT2D eigenvalue weighted by Gasteiger charge is 2.29. The van der Waals surface area contributed by atoms with Gasteiger partial charge < -0.3 is 4.57 Å². The van der Waals surface area contributed by atoms with E-state index in [2.05, 4.69) is 9.97 Å². The second-order valence-electron chi connectivity index (χ2n) is 3.11. The minimum Gasteiger partial charge on any atom is -0.317 e. The van der Waals surface area contributed by atoms with E-state index in [9.17, 15) is 4.57 Å². The summed E-state index contributed by atoms with van der Waals surface area (Å²) < 4.78 is 12.1. The predicted octanol–water partition coefficient (Wildman–Crippen LogP) is 1.26. The molecule has 64 valence electrons. The largest absolute Gasteiger partial charge is 0.317 e. The van der Waals surface area contributed by atoms with Crippen molar-refractivity contribution in [2.24, 2.45) is 0 Å². The Morgan fingerprint density at radius 3 is 2.67 bits per heavy atom. The van der Waals surface area contributed by atoms with E-state index in [0.717, 1.165) is 30.6 Å². The van der Waals surface area contributed by atoms with Crippen molar-refractivity contribution in [1.82, 2.24) is 9.97 Å². The first-order valence-corrected chi connectivity index (χ1v) is 6.24. The van der Waals surface area contributed by atoms with Gasteiger partial charge in [0.25, 0.3) is 0 Å². The van der Waals surface area contributed by atoms with Crippen LogP contribution in [0, 0.1) is 0 Å². The highest BCUT2D eigenvalue weighted by atomic mass is 31.2. The van der Waals surface area contributed by atoms with Gasteiger partial charge in [-0.2, -0.15) is 0 Å². The van der Waals surface area contributed by atoms with E-state index >= 15 is 0 Å². The summed E-state index contributed by atoms with van der Waals surface area (Å²) in [5.41, 5.74) is 0.773. The molecule has 1 aromatic heterocycles. The van der Waals surface area contributed by atoms with Gasteiger partial charge in [0.1, 0.15) is 18.9 Å². The average Bonchev–Trinajstić information content (AvgIpc) is 2.55. The Balaban J connectivity index is 2.36. The Hall–Kier alpha value is -0.690. The molecule has 0 atom stereocenters. The van der Waals surface area contributed by atoms with Crippen LogP contribution in [-0.4, -0.2) is 22.3 Å². The summed E-state index contributed by atoms with van der Waals surface area (Å²) >= 11 is 0. The van der Waals surface area contributed by atoms with Gasteiger partial charge in [0.2, 0.25) is 0 Å². The number of hydrogen-bond acceptors (Lipinski definition) is 3. The fraction of sp³-hybridized carbons (Fsp3) is 0.500. The lowest BCUT2D eigenvalue weighted by Gasteiger charge is -2.07. The first-order chi connectivity index (χ1) is 5.81. The van der Waals surface area contributed by atoms with Gasteiger partial charge in [-0.3, -0.25) is 0 Å². The van der Waals surface area contributed by atoms with Crippen LogP contribution >= 0.6 is 7.14 Å².